The van der Waals surface area contributed by atoms with Gasteiger partial charge in [0.15, 0.2) is 5.96 Å². The second-order valence-electron chi connectivity index (χ2n) is 5.74. The lowest BCUT2D eigenvalue weighted by Gasteiger charge is -2.12. The molecule has 4 nitrogen and oxygen atoms in total. The molecule has 0 amide bonds. The normalized spacial score (nSPS) is 11.7. The first-order chi connectivity index (χ1) is 12.2. The third-order valence-corrected chi connectivity index (χ3v) is 3.99. The fourth-order valence-corrected chi connectivity index (χ4v) is 2.73. The molecule has 0 saturated carbocycles. The first-order valence-corrected chi connectivity index (χ1v) is 8.10. The molecule has 0 fully saturated rings. The van der Waals surface area contributed by atoms with Gasteiger partial charge in [-0.05, 0) is 47.9 Å². The second-order valence-corrected chi connectivity index (χ2v) is 5.74. The molecule has 0 aliphatic rings. The molecule has 0 aliphatic carbocycles. The number of rotatable bonds is 5. The summed E-state index contributed by atoms with van der Waals surface area (Å²) in [6, 6.07) is 11.2. The van der Waals surface area contributed by atoms with Gasteiger partial charge in [0.05, 0.1) is 0 Å². The molecule has 0 atom stereocenters. The maximum atomic E-state index is 13.2. The highest BCUT2D eigenvalue weighted by Gasteiger charge is 2.05. The van der Waals surface area contributed by atoms with E-state index < -0.39 is 0 Å². The number of aliphatic imine (C=N–C) groups is 1. The minimum absolute atomic E-state index is 0.249. The first kappa shape index (κ1) is 17.0. The van der Waals surface area contributed by atoms with Crippen LogP contribution in [0.2, 0.25) is 0 Å². The Morgan fingerprint density at radius 2 is 1.92 bits per heavy atom. The number of nitrogens with one attached hydrogen (secondary N) is 3. The minimum atomic E-state index is -0.252. The molecule has 3 rings (SSSR count). The van der Waals surface area contributed by atoms with Crippen LogP contribution in [0.15, 0.2) is 53.7 Å². The molecule has 1 heterocycles. The van der Waals surface area contributed by atoms with Crippen LogP contribution in [0, 0.1) is 11.6 Å². The van der Waals surface area contributed by atoms with Gasteiger partial charge in [-0.25, -0.2) is 8.78 Å². The van der Waals surface area contributed by atoms with Gasteiger partial charge < -0.3 is 15.6 Å². The summed E-state index contributed by atoms with van der Waals surface area (Å²) in [6.07, 6.45) is 2.67. The standard InChI is InChI=1S/C19H20F2N4/c1-22-19(25-11-13-3-2-4-15(20)9-13)23-8-7-14-12-24-18-10-16(21)5-6-17(14)18/h2-6,9-10,12,24H,7-8,11H2,1H3,(H2,22,23,25). The van der Waals surface area contributed by atoms with Gasteiger partial charge in [-0.2, -0.15) is 0 Å². The topological polar surface area (TPSA) is 52.2 Å². The fourth-order valence-electron chi connectivity index (χ4n) is 2.73. The van der Waals surface area contributed by atoms with E-state index in [2.05, 4.69) is 20.6 Å². The summed E-state index contributed by atoms with van der Waals surface area (Å²) in [5.74, 6) is 0.147. The molecule has 6 heteroatoms. The Bertz CT molecular complexity index is 886. The molecule has 3 N–H and O–H groups in total. The van der Waals surface area contributed by atoms with Crippen molar-refractivity contribution in [1.82, 2.24) is 15.6 Å². The van der Waals surface area contributed by atoms with E-state index in [1.807, 2.05) is 12.3 Å². The summed E-state index contributed by atoms with van der Waals surface area (Å²) in [5, 5.41) is 7.40. The van der Waals surface area contributed by atoms with Gasteiger partial charge in [-0.1, -0.05) is 12.1 Å². The molecule has 0 saturated heterocycles. The number of nitrogens with zero attached hydrogens (tertiary/aromatic N) is 1. The van der Waals surface area contributed by atoms with Gasteiger partial charge in [-0.3, -0.25) is 4.99 Å². The SMILES string of the molecule is CN=C(NCCc1c[nH]c2cc(F)ccc12)NCc1cccc(F)c1. The van der Waals surface area contributed by atoms with Gasteiger partial charge in [0.2, 0.25) is 0 Å². The van der Waals surface area contributed by atoms with Crippen molar-refractivity contribution in [3.8, 4) is 0 Å². The monoisotopic (exact) mass is 342 g/mol. The Morgan fingerprint density at radius 3 is 2.72 bits per heavy atom. The Labute approximate surface area is 145 Å². The van der Waals surface area contributed by atoms with E-state index in [0.717, 1.165) is 28.5 Å². The van der Waals surface area contributed by atoms with Crippen LogP contribution in [0.1, 0.15) is 11.1 Å². The van der Waals surface area contributed by atoms with Crippen molar-refractivity contribution >= 4 is 16.9 Å². The number of guanidine groups is 1. The average molecular weight is 342 g/mol. The third-order valence-electron chi connectivity index (χ3n) is 3.99. The van der Waals surface area contributed by atoms with Crippen LogP contribution in [0.4, 0.5) is 8.78 Å². The Kier molecular flexibility index (Phi) is 5.28. The minimum Gasteiger partial charge on any atom is -0.361 e. The Balaban J connectivity index is 1.52. The lowest BCUT2D eigenvalue weighted by Crippen LogP contribution is -2.37. The average Bonchev–Trinajstić information content (AvgIpc) is 3.00. The van der Waals surface area contributed by atoms with Gasteiger partial charge in [0.25, 0.3) is 0 Å². The van der Waals surface area contributed by atoms with E-state index in [4.69, 9.17) is 0 Å². The van der Waals surface area contributed by atoms with Crippen molar-refractivity contribution in [2.45, 2.75) is 13.0 Å². The molecule has 3 aromatic rings. The van der Waals surface area contributed by atoms with Crippen molar-refractivity contribution in [2.24, 2.45) is 4.99 Å². The summed E-state index contributed by atoms with van der Waals surface area (Å²) >= 11 is 0. The number of aromatic amines is 1. The van der Waals surface area contributed by atoms with Crippen molar-refractivity contribution < 1.29 is 8.78 Å². The zero-order valence-corrected chi connectivity index (χ0v) is 13.9. The predicted molar refractivity (Wildman–Crippen MR) is 96.6 cm³/mol. The highest BCUT2D eigenvalue weighted by Crippen LogP contribution is 2.19. The van der Waals surface area contributed by atoms with E-state index in [0.29, 0.717) is 19.0 Å². The van der Waals surface area contributed by atoms with Crippen LogP contribution in [-0.2, 0) is 13.0 Å². The molecule has 0 radical (unpaired) electrons. The van der Waals surface area contributed by atoms with Crippen molar-refractivity contribution in [1.29, 1.82) is 0 Å². The number of aromatic nitrogens is 1. The first-order valence-electron chi connectivity index (χ1n) is 8.10. The molecule has 130 valence electrons. The van der Waals surface area contributed by atoms with Crippen LogP contribution in [0.3, 0.4) is 0 Å². The molecule has 0 aliphatic heterocycles. The fraction of sp³-hybridized carbons (Fsp3) is 0.211. The van der Waals surface area contributed by atoms with E-state index in [1.165, 1.54) is 24.3 Å². The zero-order chi connectivity index (χ0) is 17.6. The molecular weight excluding hydrogens is 322 g/mol. The number of H-pyrrole nitrogens is 1. The number of hydrogen-bond donors (Lipinski definition) is 3. The van der Waals surface area contributed by atoms with Crippen LogP contribution in [-0.4, -0.2) is 24.5 Å². The summed E-state index contributed by atoms with van der Waals surface area (Å²) in [7, 11) is 1.69. The van der Waals surface area contributed by atoms with E-state index in [1.54, 1.807) is 19.2 Å². The van der Waals surface area contributed by atoms with Crippen LogP contribution in [0.25, 0.3) is 10.9 Å². The quantitative estimate of drug-likeness (QED) is 0.492. The van der Waals surface area contributed by atoms with E-state index in [-0.39, 0.29) is 11.6 Å². The van der Waals surface area contributed by atoms with Crippen molar-refractivity contribution in [3.05, 3.63) is 71.4 Å². The smallest absolute Gasteiger partial charge is 0.191 e. The number of fused-ring (bicyclic) bond motifs is 1. The van der Waals surface area contributed by atoms with Gasteiger partial charge >= 0.3 is 0 Å². The van der Waals surface area contributed by atoms with Crippen LogP contribution in [0.5, 0.6) is 0 Å². The number of halogens is 2. The van der Waals surface area contributed by atoms with Crippen molar-refractivity contribution in [3.63, 3.8) is 0 Å². The predicted octanol–water partition coefficient (Wildman–Crippen LogP) is 3.35. The lowest BCUT2D eigenvalue weighted by molar-refractivity contribution is 0.624. The lowest BCUT2D eigenvalue weighted by atomic mass is 10.1. The summed E-state index contributed by atoms with van der Waals surface area (Å²) < 4.78 is 26.4. The molecule has 25 heavy (non-hydrogen) atoms. The van der Waals surface area contributed by atoms with Gasteiger partial charge in [-0.15, -0.1) is 0 Å². The summed E-state index contributed by atoms with van der Waals surface area (Å²) in [4.78, 5) is 7.25. The number of hydrogen-bond acceptors (Lipinski definition) is 1. The van der Waals surface area contributed by atoms with E-state index >= 15 is 0 Å². The molecule has 0 spiro atoms. The molecule has 0 bridgehead atoms. The maximum Gasteiger partial charge on any atom is 0.191 e. The van der Waals surface area contributed by atoms with Crippen molar-refractivity contribution in [2.75, 3.05) is 13.6 Å². The van der Waals surface area contributed by atoms with Gasteiger partial charge in [0, 0.05) is 37.2 Å². The highest BCUT2D eigenvalue weighted by atomic mass is 19.1. The Hall–Kier alpha value is -2.89. The van der Waals surface area contributed by atoms with Crippen LogP contribution >= 0.6 is 0 Å². The largest absolute Gasteiger partial charge is 0.361 e. The third kappa shape index (κ3) is 4.35. The molecule has 2 aromatic carbocycles. The van der Waals surface area contributed by atoms with E-state index in [9.17, 15) is 8.78 Å². The Morgan fingerprint density at radius 1 is 1.08 bits per heavy atom. The second kappa shape index (κ2) is 7.79. The summed E-state index contributed by atoms with van der Waals surface area (Å²) in [5.41, 5.74) is 2.76. The molecule has 0 unspecified atom stereocenters. The zero-order valence-electron chi connectivity index (χ0n) is 13.9. The maximum absolute atomic E-state index is 13.2. The molecular formula is C19H20F2N4. The number of benzene rings is 2. The summed E-state index contributed by atoms with van der Waals surface area (Å²) in [6.45, 7) is 1.16. The van der Waals surface area contributed by atoms with Gasteiger partial charge in [0.1, 0.15) is 11.6 Å². The molecule has 1 aromatic heterocycles. The highest BCUT2D eigenvalue weighted by molar-refractivity contribution is 5.83. The van der Waals surface area contributed by atoms with Crippen LogP contribution < -0.4 is 10.6 Å².